The molecule has 0 bridgehead atoms. The van der Waals surface area contributed by atoms with E-state index in [0.29, 0.717) is 5.35 Å². The molecule has 3 aromatic rings. The highest BCUT2D eigenvalue weighted by Gasteiger charge is 2.08. The summed E-state index contributed by atoms with van der Waals surface area (Å²) in [5.74, 6) is 0. The fourth-order valence-electron chi connectivity index (χ4n) is 2.55. The molecule has 3 rings (SSSR count). The molecule has 0 aliphatic heterocycles. The lowest BCUT2D eigenvalue weighted by atomic mass is 9.98. The van der Waals surface area contributed by atoms with Gasteiger partial charge in [0.2, 0.25) is 0 Å². The molecule has 0 fully saturated rings. The molecule has 0 unspecified atom stereocenters. The minimum atomic E-state index is -0.0950. The molecule has 0 saturated carbocycles. The number of rotatable bonds is 3. The summed E-state index contributed by atoms with van der Waals surface area (Å²) in [5, 5.41) is 0.595. The molecule has 2 N–H and O–H groups in total. The maximum Gasteiger partial charge on any atom is 0.273 e. The Hall–Kier alpha value is -2.81. The number of nitrogens with one attached hydrogen (secondary N) is 2. The van der Waals surface area contributed by atoms with Crippen molar-refractivity contribution in [1.29, 1.82) is 0 Å². The molecule has 1 aromatic heterocycles. The van der Waals surface area contributed by atoms with E-state index in [1.54, 1.807) is 0 Å². The maximum absolute atomic E-state index is 12.4. The monoisotopic (exact) mass is 290 g/mol. The van der Waals surface area contributed by atoms with E-state index in [9.17, 15) is 4.79 Å². The van der Waals surface area contributed by atoms with Crippen LogP contribution in [0.5, 0.6) is 0 Å². The van der Waals surface area contributed by atoms with Gasteiger partial charge in [-0.2, -0.15) is 0 Å². The predicted octanol–water partition coefficient (Wildman–Crippen LogP) is 2.14. The van der Waals surface area contributed by atoms with Crippen molar-refractivity contribution in [3.63, 3.8) is 0 Å². The van der Waals surface area contributed by atoms with Crippen LogP contribution in [-0.2, 0) is 0 Å². The predicted molar refractivity (Wildman–Crippen MR) is 89.9 cm³/mol. The molecular formula is C19H18N2O. The highest BCUT2D eigenvalue weighted by Crippen LogP contribution is 2.19. The molecule has 0 aliphatic carbocycles. The zero-order chi connectivity index (χ0) is 15.4. The van der Waals surface area contributed by atoms with Crippen molar-refractivity contribution in [3.05, 3.63) is 93.0 Å². The quantitative estimate of drug-likeness (QED) is 0.763. The van der Waals surface area contributed by atoms with Crippen LogP contribution in [0, 0.1) is 0 Å². The molecule has 0 atom stereocenters. The van der Waals surface area contributed by atoms with Gasteiger partial charge in [-0.25, -0.2) is 0 Å². The molecule has 3 nitrogen and oxygen atoms in total. The van der Waals surface area contributed by atoms with Crippen molar-refractivity contribution < 1.29 is 0 Å². The third-order valence-corrected chi connectivity index (χ3v) is 3.52. The van der Waals surface area contributed by atoms with Crippen LogP contribution >= 0.6 is 0 Å². The number of benzene rings is 2. The smallest absolute Gasteiger partial charge is 0.273 e. The number of aromatic nitrogens is 2. The minimum Gasteiger partial charge on any atom is -0.337 e. The largest absolute Gasteiger partial charge is 0.337 e. The van der Waals surface area contributed by atoms with Crippen LogP contribution in [0.3, 0.4) is 0 Å². The van der Waals surface area contributed by atoms with Crippen molar-refractivity contribution in [3.8, 4) is 0 Å². The van der Waals surface area contributed by atoms with Crippen molar-refractivity contribution in [2.24, 2.45) is 0 Å². The summed E-state index contributed by atoms with van der Waals surface area (Å²) >= 11 is 0. The Morgan fingerprint density at radius 3 is 1.95 bits per heavy atom. The first kappa shape index (κ1) is 14.1. The van der Waals surface area contributed by atoms with Crippen LogP contribution in [0.2, 0.25) is 0 Å². The van der Waals surface area contributed by atoms with Crippen LogP contribution in [0.4, 0.5) is 0 Å². The second-order valence-corrected chi connectivity index (χ2v) is 5.09. The lowest BCUT2D eigenvalue weighted by Gasteiger charge is -2.06. The second kappa shape index (κ2) is 6.31. The fourth-order valence-corrected chi connectivity index (χ4v) is 2.55. The Morgan fingerprint density at radius 1 is 0.909 bits per heavy atom. The molecule has 0 aliphatic rings. The molecule has 0 saturated heterocycles. The van der Waals surface area contributed by atoms with E-state index >= 15 is 0 Å². The molecule has 2 aromatic carbocycles. The van der Waals surface area contributed by atoms with Gasteiger partial charge in [-0.15, -0.1) is 0 Å². The normalized spacial score (nSPS) is 11.6. The number of H-pyrrole nitrogens is 2. The molecule has 110 valence electrons. The summed E-state index contributed by atoms with van der Waals surface area (Å²) in [4.78, 5) is 18.5. The Kier molecular flexibility index (Phi) is 4.05. The third-order valence-electron chi connectivity index (χ3n) is 3.52. The van der Waals surface area contributed by atoms with Crippen LogP contribution < -0.4 is 16.4 Å². The zero-order valence-corrected chi connectivity index (χ0v) is 12.5. The summed E-state index contributed by atoms with van der Waals surface area (Å²) < 4.78 is 0. The molecule has 0 spiro atoms. The van der Waals surface area contributed by atoms with Gasteiger partial charge in [0.25, 0.3) is 5.56 Å². The number of hydrogen-bond acceptors (Lipinski definition) is 1. The molecule has 1 heterocycles. The van der Waals surface area contributed by atoms with Crippen molar-refractivity contribution >= 4 is 11.6 Å². The molecule has 0 radical (unpaired) electrons. The first-order valence-electron chi connectivity index (χ1n) is 7.43. The minimum absolute atomic E-state index is 0.0950. The van der Waals surface area contributed by atoms with Crippen LogP contribution in [0.1, 0.15) is 24.5 Å². The van der Waals surface area contributed by atoms with Crippen LogP contribution in [0.25, 0.3) is 11.6 Å². The van der Waals surface area contributed by atoms with Gasteiger partial charge in [-0.05, 0) is 23.6 Å². The summed E-state index contributed by atoms with van der Waals surface area (Å²) in [6.07, 6.45) is 2.83. The summed E-state index contributed by atoms with van der Waals surface area (Å²) in [5.41, 5.74) is 3.61. The topological polar surface area (TPSA) is 48.6 Å². The maximum atomic E-state index is 12.4. The van der Waals surface area contributed by atoms with Crippen molar-refractivity contribution in [2.45, 2.75) is 13.3 Å². The van der Waals surface area contributed by atoms with E-state index in [4.69, 9.17) is 0 Å². The summed E-state index contributed by atoms with van der Waals surface area (Å²) in [7, 11) is 0. The van der Waals surface area contributed by atoms with E-state index in [1.165, 1.54) is 0 Å². The highest BCUT2D eigenvalue weighted by atomic mass is 16.1. The molecular weight excluding hydrogens is 272 g/mol. The van der Waals surface area contributed by atoms with Gasteiger partial charge in [0.05, 0.1) is 0 Å². The first-order chi connectivity index (χ1) is 10.8. The van der Waals surface area contributed by atoms with Gasteiger partial charge < -0.3 is 9.97 Å². The van der Waals surface area contributed by atoms with Gasteiger partial charge in [-0.1, -0.05) is 67.6 Å². The van der Waals surface area contributed by atoms with Crippen LogP contribution in [0.15, 0.2) is 65.5 Å². The molecule has 0 amide bonds. The van der Waals surface area contributed by atoms with Gasteiger partial charge in [-0.3, -0.25) is 4.79 Å². The zero-order valence-electron chi connectivity index (χ0n) is 12.5. The summed E-state index contributed by atoms with van der Waals surface area (Å²) in [6, 6.07) is 19.9. The van der Waals surface area contributed by atoms with Crippen molar-refractivity contribution in [2.75, 3.05) is 0 Å². The van der Waals surface area contributed by atoms with E-state index in [2.05, 4.69) is 9.97 Å². The number of aromatic amines is 2. The van der Waals surface area contributed by atoms with Gasteiger partial charge in [0.1, 0.15) is 10.8 Å². The Balaban J connectivity index is 2.39. The first-order valence-corrected chi connectivity index (χ1v) is 7.43. The lowest BCUT2D eigenvalue weighted by molar-refractivity contribution is 1.14. The average Bonchev–Trinajstić information content (AvgIpc) is 2.91. The summed E-state index contributed by atoms with van der Waals surface area (Å²) in [6.45, 7) is 2.04. The number of hydrogen-bond donors (Lipinski definition) is 2. The van der Waals surface area contributed by atoms with Gasteiger partial charge >= 0.3 is 0 Å². The molecule has 3 heteroatoms. The van der Waals surface area contributed by atoms with Crippen molar-refractivity contribution in [1.82, 2.24) is 9.97 Å². The molecule has 22 heavy (non-hydrogen) atoms. The Labute approximate surface area is 128 Å². The van der Waals surface area contributed by atoms with E-state index in [-0.39, 0.29) is 5.56 Å². The standard InChI is InChI=1S/C19H18N2O/c1-2-9-16-20-18(19(22)21-16)17(14-10-5-3-6-11-14)15-12-7-4-8-13-15/h3-13,20H,2H2,1H3,(H,21,22). The Bertz CT molecular complexity index is 877. The number of imidazole rings is 1. The van der Waals surface area contributed by atoms with E-state index < -0.39 is 0 Å². The van der Waals surface area contributed by atoms with Gasteiger partial charge in [0, 0.05) is 5.57 Å². The fraction of sp³-hybridized carbons (Fsp3) is 0.105. The third kappa shape index (κ3) is 2.79. The lowest BCUT2D eigenvalue weighted by Crippen LogP contribution is -2.26. The Morgan fingerprint density at radius 2 is 1.45 bits per heavy atom. The average molecular weight is 290 g/mol. The van der Waals surface area contributed by atoms with Gasteiger partial charge in [0.15, 0.2) is 0 Å². The SMILES string of the molecule is CCC=c1[nH]c(=O)c(=C(c2ccccc2)c2ccccc2)[nH]1. The van der Waals surface area contributed by atoms with Crippen LogP contribution in [-0.4, -0.2) is 9.97 Å². The van der Waals surface area contributed by atoms with E-state index in [1.807, 2.05) is 73.7 Å². The second-order valence-electron chi connectivity index (χ2n) is 5.09. The highest BCUT2D eigenvalue weighted by molar-refractivity contribution is 5.78. The van der Waals surface area contributed by atoms with E-state index in [0.717, 1.165) is 28.6 Å².